The highest BCUT2D eigenvalue weighted by atomic mass is 127. The summed E-state index contributed by atoms with van der Waals surface area (Å²) < 4.78 is 18.9. The van der Waals surface area contributed by atoms with Crippen molar-refractivity contribution >= 4 is 40.8 Å². The summed E-state index contributed by atoms with van der Waals surface area (Å²) in [6, 6.07) is 4.82. The number of ether oxygens (including phenoxy) is 1. The molecule has 0 saturated heterocycles. The lowest BCUT2D eigenvalue weighted by Crippen LogP contribution is -2.39. The second-order valence-corrected chi connectivity index (χ2v) is 6.00. The Kier molecular flexibility index (Phi) is 11.3. The monoisotopic (exact) mass is 476 g/mol. The van der Waals surface area contributed by atoms with E-state index in [1.54, 1.807) is 19.2 Å². The predicted octanol–water partition coefficient (Wildman–Crippen LogP) is 3.84. The van der Waals surface area contributed by atoms with Crippen molar-refractivity contribution < 1.29 is 9.13 Å². The molecule has 0 fully saturated rings. The lowest BCUT2D eigenvalue weighted by Gasteiger charge is -2.11. The molecule has 0 aliphatic carbocycles. The number of hydrogen-bond donors (Lipinski definition) is 3. The first kappa shape index (κ1) is 22.7. The fourth-order valence-electron chi connectivity index (χ4n) is 2.62. The van der Waals surface area contributed by atoms with Crippen molar-refractivity contribution in [1.29, 1.82) is 0 Å². The first-order valence-corrected chi connectivity index (χ1v) is 9.02. The zero-order valence-corrected chi connectivity index (χ0v) is 17.9. The Hall–Kier alpha value is -1.35. The van der Waals surface area contributed by atoms with Gasteiger partial charge in [-0.05, 0) is 43.0 Å². The molecule has 2 aromatic rings. The van der Waals surface area contributed by atoms with E-state index in [0.717, 1.165) is 74.4 Å². The molecular weight excluding hydrogens is 446 g/mol. The van der Waals surface area contributed by atoms with Crippen LogP contribution < -0.4 is 10.6 Å². The standard InChI is InChI=1S/C19H29FN4O.HI/c1-3-4-11-25-12-5-9-22-19(21-2)23-10-8-15-14-24-18-7-6-16(20)13-17(15)18;/h6-7,13-14,24H,3-5,8-12H2,1-2H3,(H2,21,22,23);1H. The SMILES string of the molecule is CCCCOCCCNC(=NC)NCCc1c[nH]c2ccc(F)cc12.I. The van der Waals surface area contributed by atoms with Gasteiger partial charge in [0, 0.05) is 50.5 Å². The zero-order chi connectivity index (χ0) is 17.9. The van der Waals surface area contributed by atoms with E-state index in [0.29, 0.717) is 0 Å². The molecule has 0 radical (unpaired) electrons. The quantitative estimate of drug-likeness (QED) is 0.211. The molecule has 0 aliphatic rings. The highest BCUT2D eigenvalue weighted by Crippen LogP contribution is 2.19. The minimum atomic E-state index is -0.208. The fraction of sp³-hybridized carbons (Fsp3) is 0.526. The molecular formula is C19H30FIN4O. The van der Waals surface area contributed by atoms with E-state index in [2.05, 4.69) is 27.5 Å². The van der Waals surface area contributed by atoms with Crippen LogP contribution in [0.2, 0.25) is 0 Å². The number of fused-ring (bicyclic) bond motifs is 1. The molecule has 0 saturated carbocycles. The summed E-state index contributed by atoms with van der Waals surface area (Å²) in [5, 5.41) is 7.51. The molecule has 1 aromatic carbocycles. The van der Waals surface area contributed by atoms with Gasteiger partial charge in [-0.3, -0.25) is 4.99 Å². The van der Waals surface area contributed by atoms with Crippen LogP contribution in [-0.4, -0.2) is 44.3 Å². The Morgan fingerprint density at radius 3 is 2.73 bits per heavy atom. The highest BCUT2D eigenvalue weighted by Gasteiger charge is 2.05. The van der Waals surface area contributed by atoms with Crippen LogP contribution in [0.4, 0.5) is 4.39 Å². The molecule has 2 rings (SSSR count). The van der Waals surface area contributed by atoms with Crippen LogP contribution in [0.3, 0.4) is 0 Å². The van der Waals surface area contributed by atoms with Gasteiger partial charge < -0.3 is 20.4 Å². The van der Waals surface area contributed by atoms with Crippen molar-refractivity contribution in [2.45, 2.75) is 32.6 Å². The fourth-order valence-corrected chi connectivity index (χ4v) is 2.62. The molecule has 26 heavy (non-hydrogen) atoms. The number of rotatable bonds is 10. The predicted molar refractivity (Wildman–Crippen MR) is 117 cm³/mol. The number of aromatic amines is 1. The van der Waals surface area contributed by atoms with Gasteiger partial charge in [0.2, 0.25) is 0 Å². The number of nitrogens with zero attached hydrogens (tertiary/aromatic N) is 1. The van der Waals surface area contributed by atoms with E-state index in [-0.39, 0.29) is 29.8 Å². The Balaban J connectivity index is 0.00000338. The molecule has 1 aromatic heterocycles. The maximum atomic E-state index is 13.4. The normalized spacial score (nSPS) is 11.4. The maximum Gasteiger partial charge on any atom is 0.190 e. The van der Waals surface area contributed by atoms with Crippen molar-refractivity contribution in [2.75, 3.05) is 33.4 Å². The van der Waals surface area contributed by atoms with Gasteiger partial charge in [0.05, 0.1) is 0 Å². The third-order valence-electron chi connectivity index (χ3n) is 4.04. The average molecular weight is 476 g/mol. The summed E-state index contributed by atoms with van der Waals surface area (Å²) >= 11 is 0. The molecule has 7 heteroatoms. The number of unbranched alkanes of at least 4 members (excludes halogenated alkanes) is 1. The van der Waals surface area contributed by atoms with E-state index in [1.807, 2.05) is 6.20 Å². The van der Waals surface area contributed by atoms with Crippen LogP contribution in [0.5, 0.6) is 0 Å². The molecule has 5 nitrogen and oxygen atoms in total. The molecule has 1 heterocycles. The van der Waals surface area contributed by atoms with Gasteiger partial charge in [-0.1, -0.05) is 13.3 Å². The number of aromatic nitrogens is 1. The van der Waals surface area contributed by atoms with E-state index in [1.165, 1.54) is 6.07 Å². The number of halogens is 2. The number of hydrogen-bond acceptors (Lipinski definition) is 2. The van der Waals surface area contributed by atoms with Gasteiger partial charge in [0.15, 0.2) is 5.96 Å². The van der Waals surface area contributed by atoms with Crippen LogP contribution >= 0.6 is 24.0 Å². The number of H-pyrrole nitrogens is 1. The Bertz CT molecular complexity index is 675. The van der Waals surface area contributed by atoms with Crippen LogP contribution in [-0.2, 0) is 11.2 Å². The smallest absolute Gasteiger partial charge is 0.190 e. The molecule has 0 spiro atoms. The van der Waals surface area contributed by atoms with Gasteiger partial charge in [-0.15, -0.1) is 24.0 Å². The largest absolute Gasteiger partial charge is 0.381 e. The van der Waals surface area contributed by atoms with Crippen molar-refractivity contribution in [3.8, 4) is 0 Å². The van der Waals surface area contributed by atoms with Crippen LogP contribution in [0.25, 0.3) is 10.9 Å². The first-order chi connectivity index (χ1) is 12.2. The minimum absolute atomic E-state index is 0. The zero-order valence-electron chi connectivity index (χ0n) is 15.6. The lowest BCUT2D eigenvalue weighted by molar-refractivity contribution is 0.129. The summed E-state index contributed by atoms with van der Waals surface area (Å²) in [5.41, 5.74) is 2.06. The first-order valence-electron chi connectivity index (χ1n) is 9.02. The van der Waals surface area contributed by atoms with Crippen molar-refractivity contribution in [1.82, 2.24) is 15.6 Å². The number of aliphatic imine (C=N–C) groups is 1. The van der Waals surface area contributed by atoms with E-state index < -0.39 is 0 Å². The van der Waals surface area contributed by atoms with Gasteiger partial charge in [-0.2, -0.15) is 0 Å². The summed E-state index contributed by atoms with van der Waals surface area (Å²) in [6.07, 6.45) is 5.97. The second kappa shape index (κ2) is 12.9. The van der Waals surface area contributed by atoms with E-state index in [4.69, 9.17) is 4.74 Å². The molecule has 0 bridgehead atoms. The third-order valence-corrected chi connectivity index (χ3v) is 4.04. The Morgan fingerprint density at radius 2 is 1.96 bits per heavy atom. The van der Waals surface area contributed by atoms with Crippen molar-refractivity contribution in [3.63, 3.8) is 0 Å². The minimum Gasteiger partial charge on any atom is -0.381 e. The van der Waals surface area contributed by atoms with Crippen LogP contribution in [0, 0.1) is 5.82 Å². The van der Waals surface area contributed by atoms with Gasteiger partial charge in [0.25, 0.3) is 0 Å². The Morgan fingerprint density at radius 1 is 1.19 bits per heavy atom. The topological polar surface area (TPSA) is 61.4 Å². The second-order valence-electron chi connectivity index (χ2n) is 6.00. The van der Waals surface area contributed by atoms with Crippen LogP contribution in [0.1, 0.15) is 31.7 Å². The van der Waals surface area contributed by atoms with Gasteiger partial charge in [-0.25, -0.2) is 4.39 Å². The average Bonchev–Trinajstić information content (AvgIpc) is 3.01. The number of guanidine groups is 1. The molecule has 3 N–H and O–H groups in total. The van der Waals surface area contributed by atoms with Gasteiger partial charge >= 0.3 is 0 Å². The maximum absolute atomic E-state index is 13.4. The van der Waals surface area contributed by atoms with Crippen LogP contribution in [0.15, 0.2) is 29.4 Å². The summed E-state index contributed by atoms with van der Waals surface area (Å²) in [4.78, 5) is 7.39. The molecule has 0 amide bonds. The Labute approximate surface area is 172 Å². The summed E-state index contributed by atoms with van der Waals surface area (Å²) in [7, 11) is 1.76. The molecule has 0 atom stereocenters. The van der Waals surface area contributed by atoms with E-state index >= 15 is 0 Å². The van der Waals surface area contributed by atoms with Crippen molar-refractivity contribution in [3.05, 3.63) is 35.8 Å². The third kappa shape index (κ3) is 7.49. The highest BCUT2D eigenvalue weighted by molar-refractivity contribution is 14.0. The molecule has 0 aliphatic heterocycles. The molecule has 146 valence electrons. The van der Waals surface area contributed by atoms with Crippen molar-refractivity contribution in [2.24, 2.45) is 4.99 Å². The number of nitrogens with one attached hydrogen (secondary N) is 3. The number of benzene rings is 1. The summed E-state index contributed by atoms with van der Waals surface area (Å²) in [6.45, 7) is 5.33. The molecule has 0 unspecified atom stereocenters. The lowest BCUT2D eigenvalue weighted by atomic mass is 10.1. The van der Waals surface area contributed by atoms with Gasteiger partial charge in [0.1, 0.15) is 5.82 Å². The summed E-state index contributed by atoms with van der Waals surface area (Å²) in [5.74, 6) is 0.569. The van der Waals surface area contributed by atoms with E-state index in [9.17, 15) is 4.39 Å².